The van der Waals surface area contributed by atoms with E-state index in [0.717, 1.165) is 49.0 Å². The Kier molecular flexibility index (Phi) is 5.67. The van der Waals surface area contributed by atoms with Crippen LogP contribution in [-0.2, 0) is 4.79 Å². The van der Waals surface area contributed by atoms with Crippen LogP contribution in [0.5, 0.6) is 0 Å². The smallest absolute Gasteiger partial charge is 0.221 e. The Morgan fingerprint density at radius 3 is 2.48 bits per heavy atom. The number of anilines is 1. The van der Waals surface area contributed by atoms with Crippen molar-refractivity contribution in [1.82, 2.24) is 4.90 Å². The topological polar surface area (TPSA) is 57.0 Å². The highest BCUT2D eigenvalue weighted by Gasteiger charge is 2.21. The number of aliphatic hydroxyl groups is 1. The number of quaternary nitrogens is 1. The van der Waals surface area contributed by atoms with E-state index >= 15 is 0 Å². The molecule has 6 heteroatoms. The minimum atomic E-state index is -0.0756. The molecule has 0 saturated carbocycles. The molecule has 1 heterocycles. The lowest BCUT2D eigenvalue weighted by atomic mass is 10.1. The van der Waals surface area contributed by atoms with Crippen LogP contribution >= 0.6 is 12.2 Å². The van der Waals surface area contributed by atoms with Crippen LogP contribution in [-0.4, -0.2) is 60.2 Å². The fourth-order valence-corrected chi connectivity index (χ4v) is 2.83. The van der Waals surface area contributed by atoms with Crippen LogP contribution in [0, 0.1) is 0 Å². The molecule has 1 aromatic rings. The van der Waals surface area contributed by atoms with Gasteiger partial charge in [-0.15, -0.1) is 0 Å². The molecule has 0 radical (unpaired) electrons. The van der Waals surface area contributed by atoms with E-state index in [1.807, 2.05) is 24.3 Å². The predicted octanol–water partition coefficient (Wildman–Crippen LogP) is -0.487. The third-order valence-electron chi connectivity index (χ3n) is 3.68. The first kappa shape index (κ1) is 15.9. The van der Waals surface area contributed by atoms with Crippen LogP contribution in [0.1, 0.15) is 12.5 Å². The minimum absolute atomic E-state index is 0.0756. The predicted molar refractivity (Wildman–Crippen MR) is 86.7 cm³/mol. The molecule has 0 unspecified atom stereocenters. The molecule has 0 aliphatic carbocycles. The molecule has 0 aromatic heterocycles. The SMILES string of the molecule is CC(=O)Nc1ccc(C(=S)N2CC[NH+](CCO)CC2)cc1. The van der Waals surface area contributed by atoms with E-state index in [2.05, 4.69) is 10.2 Å². The Hall–Kier alpha value is -1.50. The van der Waals surface area contributed by atoms with Gasteiger partial charge in [0.25, 0.3) is 0 Å². The summed E-state index contributed by atoms with van der Waals surface area (Å²) in [4.78, 5) is 15.5. The number of aliphatic hydroxyl groups excluding tert-OH is 1. The fraction of sp³-hybridized carbons (Fsp3) is 0.467. The second-order valence-corrected chi connectivity index (χ2v) is 5.66. The van der Waals surface area contributed by atoms with E-state index in [0.29, 0.717) is 0 Å². The number of hydrogen-bond acceptors (Lipinski definition) is 3. The zero-order chi connectivity index (χ0) is 15.2. The Morgan fingerprint density at radius 2 is 1.95 bits per heavy atom. The summed E-state index contributed by atoms with van der Waals surface area (Å²) in [6, 6.07) is 7.63. The molecular weight excluding hydrogens is 286 g/mol. The number of carbonyl (C=O) groups is 1. The van der Waals surface area contributed by atoms with E-state index in [9.17, 15) is 4.79 Å². The van der Waals surface area contributed by atoms with Gasteiger partial charge in [-0.2, -0.15) is 0 Å². The summed E-state index contributed by atoms with van der Waals surface area (Å²) in [6.07, 6.45) is 0. The lowest BCUT2D eigenvalue weighted by Gasteiger charge is -2.33. The lowest BCUT2D eigenvalue weighted by molar-refractivity contribution is -0.904. The number of carbonyl (C=O) groups excluding carboxylic acids is 1. The van der Waals surface area contributed by atoms with Crippen molar-refractivity contribution in [3.8, 4) is 0 Å². The monoisotopic (exact) mass is 308 g/mol. The van der Waals surface area contributed by atoms with Gasteiger partial charge in [0.15, 0.2) is 0 Å². The van der Waals surface area contributed by atoms with E-state index in [-0.39, 0.29) is 12.5 Å². The van der Waals surface area contributed by atoms with Gasteiger partial charge >= 0.3 is 0 Å². The van der Waals surface area contributed by atoms with Crippen LogP contribution in [0.2, 0.25) is 0 Å². The first-order valence-electron chi connectivity index (χ1n) is 7.21. The summed E-state index contributed by atoms with van der Waals surface area (Å²) >= 11 is 5.55. The van der Waals surface area contributed by atoms with Crippen LogP contribution in [0.15, 0.2) is 24.3 Å². The number of hydrogen-bond donors (Lipinski definition) is 3. The average molecular weight is 308 g/mol. The van der Waals surface area contributed by atoms with Gasteiger partial charge < -0.3 is 20.2 Å². The van der Waals surface area contributed by atoms with Crippen molar-refractivity contribution in [2.75, 3.05) is 44.6 Å². The number of nitrogens with zero attached hydrogens (tertiary/aromatic N) is 1. The maximum atomic E-state index is 11.0. The van der Waals surface area contributed by atoms with Gasteiger partial charge in [-0.05, 0) is 24.3 Å². The van der Waals surface area contributed by atoms with Crippen LogP contribution in [0.3, 0.4) is 0 Å². The molecule has 5 nitrogen and oxygen atoms in total. The summed E-state index contributed by atoms with van der Waals surface area (Å²) in [6.45, 7) is 6.39. The Bertz CT molecular complexity index is 496. The highest BCUT2D eigenvalue weighted by atomic mass is 32.1. The van der Waals surface area contributed by atoms with Crippen molar-refractivity contribution in [2.24, 2.45) is 0 Å². The second kappa shape index (κ2) is 7.49. The van der Waals surface area contributed by atoms with Crippen molar-refractivity contribution in [1.29, 1.82) is 0 Å². The van der Waals surface area contributed by atoms with Gasteiger partial charge in [0.05, 0.1) is 32.8 Å². The van der Waals surface area contributed by atoms with E-state index in [1.165, 1.54) is 11.8 Å². The van der Waals surface area contributed by atoms with Gasteiger partial charge in [-0.25, -0.2) is 0 Å². The molecule has 0 spiro atoms. The van der Waals surface area contributed by atoms with Gasteiger partial charge in [-0.1, -0.05) is 12.2 Å². The van der Waals surface area contributed by atoms with Gasteiger partial charge in [-0.3, -0.25) is 4.79 Å². The molecule has 2 rings (SSSR count). The molecule has 0 bridgehead atoms. The van der Waals surface area contributed by atoms with Crippen LogP contribution < -0.4 is 10.2 Å². The Balaban J connectivity index is 1.93. The molecule has 0 atom stereocenters. The molecule has 1 saturated heterocycles. The third kappa shape index (κ3) is 4.49. The third-order valence-corrected chi connectivity index (χ3v) is 4.17. The molecule has 1 fully saturated rings. The molecule has 1 aliphatic rings. The van der Waals surface area contributed by atoms with Crippen molar-refractivity contribution in [2.45, 2.75) is 6.92 Å². The first-order valence-corrected chi connectivity index (χ1v) is 7.62. The summed E-state index contributed by atoms with van der Waals surface area (Å²) in [7, 11) is 0. The Labute approximate surface area is 130 Å². The first-order chi connectivity index (χ1) is 10.1. The molecular formula is C15H22N3O2S+. The number of thiocarbonyl (C=S) groups is 1. The van der Waals surface area contributed by atoms with Gasteiger partial charge in [0.2, 0.25) is 5.91 Å². The van der Waals surface area contributed by atoms with Crippen LogP contribution in [0.4, 0.5) is 5.69 Å². The normalized spacial score (nSPS) is 15.8. The standard InChI is InChI=1S/C15H21N3O2S/c1-12(20)16-14-4-2-13(3-5-14)15(21)18-8-6-17(7-9-18)10-11-19/h2-5,19H,6-11H2,1H3,(H,16,20)/p+1. The molecule has 3 N–H and O–H groups in total. The summed E-state index contributed by atoms with van der Waals surface area (Å²) < 4.78 is 0. The summed E-state index contributed by atoms with van der Waals surface area (Å²) in [5.74, 6) is -0.0756. The van der Waals surface area contributed by atoms with E-state index in [4.69, 9.17) is 17.3 Å². The molecule has 114 valence electrons. The minimum Gasteiger partial charge on any atom is -0.391 e. The van der Waals surface area contributed by atoms with Gasteiger partial charge in [0.1, 0.15) is 11.5 Å². The maximum absolute atomic E-state index is 11.0. The van der Waals surface area contributed by atoms with Crippen molar-refractivity contribution in [3.63, 3.8) is 0 Å². The van der Waals surface area contributed by atoms with Crippen molar-refractivity contribution >= 4 is 28.8 Å². The number of amides is 1. The lowest BCUT2D eigenvalue weighted by Crippen LogP contribution is -3.15. The summed E-state index contributed by atoms with van der Waals surface area (Å²) in [5, 5.41) is 11.7. The zero-order valence-corrected chi connectivity index (χ0v) is 13.1. The highest BCUT2D eigenvalue weighted by molar-refractivity contribution is 7.80. The molecule has 1 amide bonds. The molecule has 1 aromatic carbocycles. The zero-order valence-electron chi connectivity index (χ0n) is 12.3. The maximum Gasteiger partial charge on any atom is 0.221 e. The van der Waals surface area contributed by atoms with Crippen molar-refractivity contribution in [3.05, 3.63) is 29.8 Å². The summed E-state index contributed by atoms with van der Waals surface area (Å²) in [5.41, 5.74) is 1.79. The number of nitrogens with one attached hydrogen (secondary N) is 2. The molecule has 1 aliphatic heterocycles. The van der Waals surface area contributed by atoms with E-state index < -0.39 is 0 Å². The quantitative estimate of drug-likeness (QED) is 0.657. The number of piperazine rings is 1. The van der Waals surface area contributed by atoms with Crippen LogP contribution in [0.25, 0.3) is 0 Å². The number of rotatable bonds is 4. The second-order valence-electron chi connectivity index (χ2n) is 5.27. The average Bonchev–Trinajstić information content (AvgIpc) is 2.48. The largest absolute Gasteiger partial charge is 0.391 e. The van der Waals surface area contributed by atoms with Crippen molar-refractivity contribution < 1.29 is 14.8 Å². The number of benzene rings is 1. The Morgan fingerprint density at radius 1 is 1.33 bits per heavy atom. The van der Waals surface area contributed by atoms with E-state index in [1.54, 1.807) is 0 Å². The van der Waals surface area contributed by atoms with Gasteiger partial charge in [0, 0.05) is 18.2 Å². The fourth-order valence-electron chi connectivity index (χ4n) is 2.52. The highest BCUT2D eigenvalue weighted by Crippen LogP contribution is 2.12. The molecule has 21 heavy (non-hydrogen) atoms.